The molecule has 1 N–H and O–H groups in total. The minimum Gasteiger partial charge on any atom is -0.381 e. The molecule has 0 saturated carbocycles. The molecule has 2 aromatic rings. The second-order valence-electron chi connectivity index (χ2n) is 6.95. The molecule has 3 fully saturated rings. The largest absolute Gasteiger partial charge is 0.472 e. The lowest BCUT2D eigenvalue weighted by molar-refractivity contribution is -0.334. The van der Waals surface area contributed by atoms with E-state index in [4.69, 9.17) is 18.7 Å². The average Bonchev–Trinajstić information content (AvgIpc) is 2.69. The van der Waals surface area contributed by atoms with E-state index in [0.717, 1.165) is 12.5 Å². The smallest absolute Gasteiger partial charge is 0.381 e. The molecule has 3 saturated heterocycles. The van der Waals surface area contributed by atoms with Gasteiger partial charge in [-0.15, -0.1) is 0 Å². The van der Waals surface area contributed by atoms with Crippen molar-refractivity contribution in [1.82, 2.24) is 4.57 Å². The summed E-state index contributed by atoms with van der Waals surface area (Å²) in [5, 5.41) is 1.41. The number of ether oxygens (including phenoxy) is 3. The number of hydrogen-bond donors (Lipinski definition) is 1. The minimum atomic E-state index is -4.23. The molecule has 2 bridgehead atoms. The Kier molecular flexibility index (Phi) is 5.18. The number of rotatable bonds is 6. The molecule has 1 aromatic carbocycles. The molecule has 0 radical (unpaired) electrons. The monoisotopic (exact) mass is 411 g/mol. The van der Waals surface area contributed by atoms with Crippen molar-refractivity contribution in [2.24, 2.45) is 0 Å². The van der Waals surface area contributed by atoms with Crippen LogP contribution in [-0.2, 0) is 27.8 Å². The summed E-state index contributed by atoms with van der Waals surface area (Å²) in [6, 6.07) is 9.14. The van der Waals surface area contributed by atoms with Crippen molar-refractivity contribution in [2.75, 3.05) is 27.4 Å². The Morgan fingerprint density at radius 1 is 1.32 bits per heavy atom. The van der Waals surface area contributed by atoms with Gasteiger partial charge >= 0.3 is 7.82 Å². The molecule has 152 valence electrons. The molecule has 3 unspecified atom stereocenters. The van der Waals surface area contributed by atoms with E-state index in [1.807, 2.05) is 18.2 Å². The van der Waals surface area contributed by atoms with Gasteiger partial charge in [-0.05, 0) is 17.5 Å². The van der Waals surface area contributed by atoms with Crippen LogP contribution in [0.4, 0.5) is 0 Å². The number of methoxy groups -OCH3 is 1. The Hall–Kier alpha value is -1.58. The van der Waals surface area contributed by atoms with Gasteiger partial charge in [0.25, 0.3) is 5.56 Å². The molecule has 5 atom stereocenters. The van der Waals surface area contributed by atoms with Crippen molar-refractivity contribution >= 4 is 18.6 Å². The predicted molar refractivity (Wildman–Crippen MR) is 99.0 cm³/mol. The first-order valence-corrected chi connectivity index (χ1v) is 10.3. The fraction of sp³-hybridized carbons (Fsp3) is 0.500. The van der Waals surface area contributed by atoms with Crippen LogP contribution < -0.4 is 5.56 Å². The number of nitrogens with zero attached hydrogens (tertiary/aromatic N) is 1. The summed E-state index contributed by atoms with van der Waals surface area (Å²) in [7, 11) is -1.65. The highest BCUT2D eigenvalue weighted by Gasteiger charge is 2.57. The maximum absolute atomic E-state index is 13.0. The fourth-order valence-electron chi connectivity index (χ4n) is 3.86. The van der Waals surface area contributed by atoms with Gasteiger partial charge in [0.05, 0.1) is 13.2 Å². The Morgan fingerprint density at radius 2 is 2.11 bits per heavy atom. The third-order valence-electron chi connectivity index (χ3n) is 5.24. The maximum Gasteiger partial charge on any atom is 0.472 e. The van der Waals surface area contributed by atoms with Crippen LogP contribution in [0.5, 0.6) is 0 Å². The highest BCUT2D eigenvalue weighted by molar-refractivity contribution is 7.47. The maximum atomic E-state index is 13.0. The van der Waals surface area contributed by atoms with Crippen LogP contribution in [-0.4, -0.2) is 54.7 Å². The van der Waals surface area contributed by atoms with Crippen molar-refractivity contribution in [3.8, 4) is 0 Å². The molecule has 28 heavy (non-hydrogen) atoms. The lowest BCUT2D eigenvalue weighted by atomic mass is 9.86. The lowest BCUT2D eigenvalue weighted by Gasteiger charge is -2.53. The van der Waals surface area contributed by atoms with Gasteiger partial charge in [0, 0.05) is 32.2 Å². The van der Waals surface area contributed by atoms with Crippen LogP contribution in [0.2, 0.25) is 0 Å². The molecule has 1 aromatic heterocycles. The number of pyridine rings is 1. The molecule has 10 heteroatoms. The molecular formula is C18H22NO8P. The summed E-state index contributed by atoms with van der Waals surface area (Å²) in [5.74, 6) is 0. The van der Waals surface area contributed by atoms with Gasteiger partial charge in [-0.1, -0.05) is 18.2 Å². The Bertz CT molecular complexity index is 973. The molecular weight excluding hydrogens is 389 g/mol. The first-order valence-electron chi connectivity index (χ1n) is 8.84. The number of fused-ring (bicyclic) bond motifs is 4. The first kappa shape index (κ1) is 19.7. The molecule has 3 aliphatic rings. The van der Waals surface area contributed by atoms with E-state index in [-0.39, 0.29) is 25.2 Å². The SMILES string of the molecule is COC[C@]12COC(C[C@@H]1OP(=O)(O)OC)C(n1ccc3ccccc3c1=O)O2. The third-order valence-corrected chi connectivity index (χ3v) is 6.23. The Morgan fingerprint density at radius 3 is 2.86 bits per heavy atom. The average molecular weight is 411 g/mol. The third kappa shape index (κ3) is 3.33. The van der Waals surface area contributed by atoms with Crippen molar-refractivity contribution in [3.63, 3.8) is 0 Å². The molecule has 0 spiro atoms. The van der Waals surface area contributed by atoms with E-state index < -0.39 is 31.9 Å². The van der Waals surface area contributed by atoms with Gasteiger partial charge < -0.3 is 19.1 Å². The normalized spacial score (nSPS) is 31.8. The van der Waals surface area contributed by atoms with Gasteiger partial charge in [0.2, 0.25) is 0 Å². The summed E-state index contributed by atoms with van der Waals surface area (Å²) in [6.45, 7) is 0.172. The van der Waals surface area contributed by atoms with Crippen LogP contribution >= 0.6 is 7.82 Å². The van der Waals surface area contributed by atoms with Gasteiger partial charge in [-0.2, -0.15) is 0 Å². The summed E-state index contributed by atoms with van der Waals surface area (Å²) in [5.41, 5.74) is -1.34. The zero-order chi connectivity index (χ0) is 19.9. The topological polar surface area (TPSA) is 105 Å². The number of hydrogen-bond acceptors (Lipinski definition) is 7. The second kappa shape index (κ2) is 7.35. The van der Waals surface area contributed by atoms with Crippen molar-refractivity contribution in [2.45, 2.75) is 30.5 Å². The molecule has 0 amide bonds. The summed E-state index contributed by atoms with van der Waals surface area (Å²) < 4.78 is 40.7. The fourth-order valence-corrected chi connectivity index (χ4v) is 4.54. The van der Waals surface area contributed by atoms with Crippen LogP contribution in [0.25, 0.3) is 10.8 Å². The molecule has 3 aliphatic heterocycles. The van der Waals surface area contributed by atoms with Gasteiger partial charge in [-0.3, -0.25) is 18.4 Å². The van der Waals surface area contributed by atoms with Gasteiger partial charge in [0.1, 0.15) is 17.8 Å². The molecule has 9 nitrogen and oxygen atoms in total. The number of phosphoric acid groups is 1. The van der Waals surface area contributed by atoms with Gasteiger partial charge in [0.15, 0.2) is 6.23 Å². The number of benzene rings is 1. The standard InChI is InChI=1S/C18H22NO8P/c1-23-10-18-11-25-14(9-15(18)27-28(21,22)24-2)17(26-18)19-8-7-12-5-3-4-6-13(12)16(19)20/h3-8,14-15,17H,9-11H2,1-2H3,(H,21,22)/t14?,15-,17?,18-/m0/s1. The van der Waals surface area contributed by atoms with E-state index >= 15 is 0 Å². The van der Waals surface area contributed by atoms with Crippen LogP contribution in [0.15, 0.2) is 41.3 Å². The predicted octanol–water partition coefficient (Wildman–Crippen LogP) is 1.84. The van der Waals surface area contributed by atoms with E-state index in [0.29, 0.717) is 5.39 Å². The highest BCUT2D eigenvalue weighted by atomic mass is 31.2. The van der Waals surface area contributed by atoms with Crippen molar-refractivity contribution in [3.05, 3.63) is 46.9 Å². The van der Waals surface area contributed by atoms with Crippen molar-refractivity contribution < 1.29 is 32.7 Å². The zero-order valence-corrected chi connectivity index (χ0v) is 16.4. The summed E-state index contributed by atoms with van der Waals surface area (Å²) in [6.07, 6.45) is -0.0985. The number of phosphoric ester groups is 1. The second-order valence-corrected chi connectivity index (χ2v) is 8.47. The molecule has 0 aliphatic carbocycles. The Labute approximate surface area is 161 Å². The summed E-state index contributed by atoms with van der Waals surface area (Å²) in [4.78, 5) is 22.7. The summed E-state index contributed by atoms with van der Waals surface area (Å²) >= 11 is 0. The van der Waals surface area contributed by atoms with E-state index in [1.165, 1.54) is 11.7 Å². The zero-order valence-electron chi connectivity index (χ0n) is 15.5. The number of aromatic nitrogens is 1. The van der Waals surface area contributed by atoms with Gasteiger partial charge in [-0.25, -0.2) is 4.57 Å². The van der Waals surface area contributed by atoms with Crippen molar-refractivity contribution in [1.29, 1.82) is 0 Å². The van der Waals surface area contributed by atoms with Crippen LogP contribution in [0, 0.1) is 0 Å². The van der Waals surface area contributed by atoms with E-state index in [9.17, 15) is 14.3 Å². The Balaban J connectivity index is 1.70. The van der Waals surface area contributed by atoms with Crippen LogP contribution in [0.3, 0.4) is 0 Å². The molecule has 4 heterocycles. The van der Waals surface area contributed by atoms with E-state index in [1.54, 1.807) is 18.3 Å². The van der Waals surface area contributed by atoms with Crippen LogP contribution in [0.1, 0.15) is 12.6 Å². The minimum absolute atomic E-state index is 0.0624. The first-order chi connectivity index (χ1) is 13.4. The van der Waals surface area contributed by atoms with E-state index in [2.05, 4.69) is 4.52 Å². The highest BCUT2D eigenvalue weighted by Crippen LogP contribution is 2.51. The molecule has 5 rings (SSSR count). The quantitative estimate of drug-likeness (QED) is 0.718. The lowest BCUT2D eigenvalue weighted by Crippen LogP contribution is -2.66.